The van der Waals surface area contributed by atoms with Crippen molar-refractivity contribution >= 4 is 25.5 Å². The van der Waals surface area contributed by atoms with Gasteiger partial charge in [0.25, 0.3) is 0 Å². The second-order valence-electron chi connectivity index (χ2n) is 2.06. The molecule has 2 N–H and O–H groups in total. The van der Waals surface area contributed by atoms with Crippen molar-refractivity contribution in [3.8, 4) is 0 Å². The van der Waals surface area contributed by atoms with Gasteiger partial charge in [0.1, 0.15) is 0 Å². The number of benzene rings is 1. The Morgan fingerprint density at radius 2 is 1.64 bits per heavy atom. The summed E-state index contributed by atoms with van der Waals surface area (Å²) in [6, 6.07) is 5.81. The van der Waals surface area contributed by atoms with Crippen LogP contribution in [-0.4, -0.2) is 9.79 Å². The van der Waals surface area contributed by atoms with Crippen molar-refractivity contribution in [2.24, 2.45) is 0 Å². The van der Waals surface area contributed by atoms with Crippen LogP contribution in [0.2, 0.25) is 0 Å². The van der Waals surface area contributed by atoms with Crippen LogP contribution in [0.25, 0.3) is 0 Å². The lowest BCUT2D eigenvalue weighted by Gasteiger charge is -2.02. The monoisotopic (exact) mass is 190 g/mol. The fourth-order valence-corrected chi connectivity index (χ4v) is 1.33. The van der Waals surface area contributed by atoms with Crippen LogP contribution in [0, 0.1) is 0 Å². The van der Waals surface area contributed by atoms with Crippen LogP contribution in [0.4, 0.5) is 0 Å². The lowest BCUT2D eigenvalue weighted by molar-refractivity contribution is 0.387. The Bertz CT molecular complexity index is 289. The van der Waals surface area contributed by atoms with Crippen LogP contribution in [-0.2, 0) is 4.57 Å². The molecule has 0 saturated heterocycles. The Labute approximate surface area is 69.6 Å². The minimum atomic E-state index is -4.07. The van der Waals surface area contributed by atoms with Crippen molar-refractivity contribution in [3.05, 3.63) is 24.3 Å². The maximum Gasteiger partial charge on any atom is 0.356 e. The van der Waals surface area contributed by atoms with Crippen LogP contribution in [0.15, 0.2) is 29.2 Å². The lowest BCUT2D eigenvalue weighted by atomic mass is 10.4. The number of rotatable bonds is 1. The van der Waals surface area contributed by atoms with Crippen molar-refractivity contribution < 1.29 is 14.4 Å². The van der Waals surface area contributed by atoms with Gasteiger partial charge in [-0.15, -0.1) is 12.6 Å². The molecule has 3 nitrogen and oxygen atoms in total. The Hall–Kier alpha value is -0.280. The third-order valence-electron chi connectivity index (χ3n) is 1.19. The predicted octanol–water partition coefficient (Wildman–Crippen LogP) is 0.778. The fourth-order valence-electron chi connectivity index (χ4n) is 0.647. The van der Waals surface area contributed by atoms with E-state index in [0.29, 0.717) is 4.90 Å². The summed E-state index contributed by atoms with van der Waals surface area (Å²) in [6.45, 7) is 0. The first-order chi connectivity index (χ1) is 5.00. The van der Waals surface area contributed by atoms with Gasteiger partial charge in [-0.1, -0.05) is 0 Å². The summed E-state index contributed by atoms with van der Waals surface area (Å²) >= 11 is 3.97. The van der Waals surface area contributed by atoms with Gasteiger partial charge in [0.2, 0.25) is 0 Å². The van der Waals surface area contributed by atoms with Crippen LogP contribution in [0.1, 0.15) is 0 Å². The molecule has 1 rings (SSSR count). The third-order valence-corrected chi connectivity index (χ3v) is 2.46. The van der Waals surface area contributed by atoms with Gasteiger partial charge in [-0.05, 0) is 24.3 Å². The standard InChI is InChI=1S/C6H7O3PS/c7-10(8,9)5-1-3-6(11)4-2-5/h1-4,11H,(H2,7,8,9). The van der Waals surface area contributed by atoms with Gasteiger partial charge in [-0.25, -0.2) is 0 Å². The van der Waals surface area contributed by atoms with Crippen LogP contribution in [0.3, 0.4) is 0 Å². The van der Waals surface area contributed by atoms with Crippen LogP contribution < -0.4 is 5.30 Å². The zero-order valence-corrected chi connectivity index (χ0v) is 7.30. The first kappa shape index (κ1) is 8.81. The summed E-state index contributed by atoms with van der Waals surface area (Å²) in [4.78, 5) is 18.0. The zero-order chi connectivity index (χ0) is 8.48. The molecule has 0 amide bonds. The second-order valence-corrected chi connectivity index (χ2v) is 4.18. The van der Waals surface area contributed by atoms with Crippen molar-refractivity contribution in [1.29, 1.82) is 0 Å². The molecular weight excluding hydrogens is 183 g/mol. The second kappa shape index (κ2) is 2.99. The maximum absolute atomic E-state index is 10.6. The van der Waals surface area contributed by atoms with Gasteiger partial charge >= 0.3 is 7.60 Å². The van der Waals surface area contributed by atoms with E-state index >= 15 is 0 Å². The molecule has 60 valence electrons. The van der Waals surface area contributed by atoms with Gasteiger partial charge in [0.15, 0.2) is 0 Å². The number of hydrogen-bond donors (Lipinski definition) is 3. The van der Waals surface area contributed by atoms with Crippen molar-refractivity contribution in [3.63, 3.8) is 0 Å². The summed E-state index contributed by atoms with van der Waals surface area (Å²) in [6.07, 6.45) is 0. The molecule has 0 unspecified atom stereocenters. The highest BCUT2D eigenvalue weighted by Crippen LogP contribution is 2.32. The summed E-state index contributed by atoms with van der Waals surface area (Å²) < 4.78 is 10.6. The Kier molecular flexibility index (Phi) is 2.40. The van der Waals surface area contributed by atoms with Gasteiger partial charge in [0, 0.05) is 4.90 Å². The summed E-state index contributed by atoms with van der Waals surface area (Å²) in [5, 5.41) is 0.0234. The van der Waals surface area contributed by atoms with Crippen molar-refractivity contribution in [2.45, 2.75) is 4.90 Å². The Morgan fingerprint density at radius 1 is 1.18 bits per heavy atom. The molecular formula is C6H7O3PS. The molecule has 0 radical (unpaired) electrons. The third kappa shape index (κ3) is 2.34. The number of hydrogen-bond acceptors (Lipinski definition) is 2. The molecule has 0 aliphatic heterocycles. The zero-order valence-electron chi connectivity index (χ0n) is 5.51. The largest absolute Gasteiger partial charge is 0.356 e. The van der Waals surface area contributed by atoms with Crippen molar-refractivity contribution in [2.75, 3.05) is 0 Å². The molecule has 0 saturated carbocycles. The van der Waals surface area contributed by atoms with Gasteiger partial charge < -0.3 is 9.79 Å². The molecule has 1 aromatic rings. The molecule has 0 heterocycles. The van der Waals surface area contributed by atoms with E-state index in [1.807, 2.05) is 0 Å². The van der Waals surface area contributed by atoms with E-state index in [0.717, 1.165) is 0 Å². The highest BCUT2D eigenvalue weighted by molar-refractivity contribution is 7.80. The quantitative estimate of drug-likeness (QED) is 0.453. The SMILES string of the molecule is O=P(O)(O)c1ccc(S)cc1. The average Bonchev–Trinajstić information content (AvgIpc) is 1.86. The van der Waals surface area contributed by atoms with E-state index in [2.05, 4.69) is 12.6 Å². The fraction of sp³-hybridized carbons (Fsp3) is 0. The normalized spacial score (nSPS) is 11.5. The topological polar surface area (TPSA) is 57.5 Å². The van der Waals surface area contributed by atoms with E-state index < -0.39 is 7.60 Å². The predicted molar refractivity (Wildman–Crippen MR) is 45.4 cm³/mol. The molecule has 11 heavy (non-hydrogen) atoms. The lowest BCUT2D eigenvalue weighted by Crippen LogP contribution is -2.01. The molecule has 0 aliphatic rings. The average molecular weight is 190 g/mol. The molecule has 0 spiro atoms. The Morgan fingerprint density at radius 3 is 2.00 bits per heavy atom. The molecule has 0 aromatic heterocycles. The van der Waals surface area contributed by atoms with E-state index in [9.17, 15) is 4.57 Å². The molecule has 0 bridgehead atoms. The molecule has 1 aromatic carbocycles. The first-order valence-corrected chi connectivity index (χ1v) is 4.91. The van der Waals surface area contributed by atoms with Crippen LogP contribution >= 0.6 is 20.2 Å². The molecule has 0 aliphatic carbocycles. The maximum atomic E-state index is 10.6. The molecule has 0 atom stereocenters. The van der Waals surface area contributed by atoms with Crippen molar-refractivity contribution in [1.82, 2.24) is 0 Å². The van der Waals surface area contributed by atoms with Crippen LogP contribution in [0.5, 0.6) is 0 Å². The first-order valence-electron chi connectivity index (χ1n) is 2.85. The van der Waals surface area contributed by atoms with Gasteiger partial charge in [0.05, 0.1) is 5.30 Å². The Balaban J connectivity index is 3.09. The smallest absolute Gasteiger partial charge is 0.321 e. The highest BCUT2D eigenvalue weighted by Gasteiger charge is 2.15. The molecule has 0 fully saturated rings. The minimum absolute atomic E-state index is 0.0234. The van der Waals surface area contributed by atoms with E-state index in [-0.39, 0.29) is 5.30 Å². The highest BCUT2D eigenvalue weighted by atomic mass is 32.1. The number of thiol groups is 1. The molecule has 5 heteroatoms. The minimum Gasteiger partial charge on any atom is -0.321 e. The summed E-state index contributed by atoms with van der Waals surface area (Å²) in [7, 11) is -4.07. The van der Waals surface area contributed by atoms with E-state index in [1.54, 1.807) is 0 Å². The van der Waals surface area contributed by atoms with E-state index in [4.69, 9.17) is 9.79 Å². The van der Waals surface area contributed by atoms with E-state index in [1.165, 1.54) is 24.3 Å². The summed E-state index contributed by atoms with van der Waals surface area (Å²) in [5.74, 6) is 0. The van der Waals surface area contributed by atoms with Gasteiger partial charge in [-0.3, -0.25) is 4.57 Å². The van der Waals surface area contributed by atoms with Gasteiger partial charge in [-0.2, -0.15) is 0 Å². The summed E-state index contributed by atoms with van der Waals surface area (Å²) in [5.41, 5.74) is 0.